The molecular formula is C10H7BrN2OS. The smallest absolute Gasteiger partial charge is 0.238 e. The van der Waals surface area contributed by atoms with E-state index in [1.54, 1.807) is 0 Å². The summed E-state index contributed by atoms with van der Waals surface area (Å²) in [5.74, 6) is 0.406. The molecule has 0 fully saturated rings. The van der Waals surface area contributed by atoms with Crippen LogP contribution in [0, 0.1) is 11.3 Å². The van der Waals surface area contributed by atoms with Crippen molar-refractivity contribution in [3.8, 4) is 6.07 Å². The fourth-order valence-electron chi connectivity index (χ4n) is 1.42. The molecule has 1 aliphatic rings. The van der Waals surface area contributed by atoms with Crippen molar-refractivity contribution in [1.29, 1.82) is 5.26 Å². The quantitative estimate of drug-likeness (QED) is 0.743. The molecule has 1 aromatic carbocycles. The number of hydrogen-bond donors (Lipinski definition) is 0. The minimum absolute atomic E-state index is 0.00727. The summed E-state index contributed by atoms with van der Waals surface area (Å²) in [6.07, 6.45) is 0. The molecule has 0 unspecified atom stereocenters. The maximum absolute atomic E-state index is 11.6. The molecule has 0 saturated heterocycles. The van der Waals surface area contributed by atoms with E-state index in [-0.39, 0.29) is 12.5 Å². The second-order valence-electron chi connectivity index (χ2n) is 3.04. The molecule has 0 spiro atoms. The van der Waals surface area contributed by atoms with Crippen molar-refractivity contribution in [3.05, 3.63) is 22.7 Å². The van der Waals surface area contributed by atoms with Gasteiger partial charge >= 0.3 is 0 Å². The summed E-state index contributed by atoms with van der Waals surface area (Å²) in [6.45, 7) is 0.114. The van der Waals surface area contributed by atoms with Gasteiger partial charge in [-0.3, -0.25) is 9.69 Å². The fourth-order valence-corrected chi connectivity index (χ4v) is 2.68. The van der Waals surface area contributed by atoms with E-state index in [9.17, 15) is 4.79 Å². The number of nitrogens with zero attached hydrogens (tertiary/aromatic N) is 2. The van der Waals surface area contributed by atoms with Gasteiger partial charge in [-0.05, 0) is 18.2 Å². The summed E-state index contributed by atoms with van der Waals surface area (Å²) in [6, 6.07) is 7.78. The monoisotopic (exact) mass is 282 g/mol. The highest BCUT2D eigenvalue weighted by Gasteiger charge is 2.24. The van der Waals surface area contributed by atoms with Crippen LogP contribution in [-0.4, -0.2) is 18.2 Å². The van der Waals surface area contributed by atoms with Crippen molar-refractivity contribution >= 4 is 39.3 Å². The first-order valence-corrected chi connectivity index (χ1v) is 6.10. The second-order valence-corrected chi connectivity index (χ2v) is 4.97. The highest BCUT2D eigenvalue weighted by Crippen LogP contribution is 2.36. The third kappa shape index (κ3) is 2.01. The van der Waals surface area contributed by atoms with Gasteiger partial charge in [0.05, 0.1) is 17.5 Å². The van der Waals surface area contributed by atoms with Crippen LogP contribution in [0.25, 0.3) is 0 Å². The number of anilines is 1. The van der Waals surface area contributed by atoms with E-state index < -0.39 is 0 Å². The number of halogens is 1. The molecule has 5 heteroatoms. The van der Waals surface area contributed by atoms with Crippen molar-refractivity contribution < 1.29 is 4.79 Å². The van der Waals surface area contributed by atoms with Crippen LogP contribution in [-0.2, 0) is 4.79 Å². The van der Waals surface area contributed by atoms with Crippen LogP contribution >= 0.6 is 27.7 Å². The van der Waals surface area contributed by atoms with Gasteiger partial charge in [0.2, 0.25) is 5.91 Å². The highest BCUT2D eigenvalue weighted by atomic mass is 79.9. The Hall–Kier alpha value is -0.990. The van der Waals surface area contributed by atoms with Crippen LogP contribution in [0.1, 0.15) is 0 Å². The van der Waals surface area contributed by atoms with Crippen molar-refractivity contribution in [2.45, 2.75) is 4.90 Å². The molecule has 76 valence electrons. The lowest BCUT2D eigenvalue weighted by Crippen LogP contribution is -2.35. The number of carbonyl (C=O) groups is 1. The third-order valence-corrected chi connectivity index (χ3v) is 3.63. The lowest BCUT2D eigenvalue weighted by atomic mass is 10.2. The van der Waals surface area contributed by atoms with E-state index in [1.807, 2.05) is 24.3 Å². The lowest BCUT2D eigenvalue weighted by molar-refractivity contribution is -0.116. The van der Waals surface area contributed by atoms with Crippen LogP contribution in [0.4, 0.5) is 5.69 Å². The second kappa shape index (κ2) is 4.25. The van der Waals surface area contributed by atoms with Gasteiger partial charge in [0, 0.05) is 9.37 Å². The fraction of sp³-hybridized carbons (Fsp3) is 0.200. The minimum atomic E-state index is -0.00727. The van der Waals surface area contributed by atoms with E-state index in [0.717, 1.165) is 15.1 Å². The van der Waals surface area contributed by atoms with Crippen LogP contribution in [0.15, 0.2) is 27.6 Å². The van der Waals surface area contributed by atoms with Crippen molar-refractivity contribution in [2.24, 2.45) is 0 Å². The number of nitriles is 1. The predicted molar refractivity (Wildman–Crippen MR) is 62.8 cm³/mol. The lowest BCUT2D eigenvalue weighted by Gasteiger charge is -2.26. The molecule has 1 aliphatic heterocycles. The number of thioether (sulfide) groups is 1. The summed E-state index contributed by atoms with van der Waals surface area (Å²) in [4.78, 5) is 14.2. The molecule has 0 radical (unpaired) electrons. The molecular weight excluding hydrogens is 276 g/mol. The molecule has 3 nitrogen and oxygen atoms in total. The number of benzene rings is 1. The molecule has 0 N–H and O–H groups in total. The van der Waals surface area contributed by atoms with Gasteiger partial charge in [0.15, 0.2) is 0 Å². The van der Waals surface area contributed by atoms with Crippen molar-refractivity contribution in [1.82, 2.24) is 0 Å². The summed E-state index contributed by atoms with van der Waals surface area (Å²) >= 11 is 4.87. The standard InChI is InChI=1S/C10H7BrN2OS/c11-7-1-2-9-8(5-7)13(4-3-12)10(14)6-15-9/h1-2,5H,4,6H2. The van der Waals surface area contributed by atoms with Gasteiger partial charge in [-0.25, -0.2) is 0 Å². The Balaban J connectivity index is 2.46. The van der Waals surface area contributed by atoms with Gasteiger partial charge < -0.3 is 0 Å². The average molecular weight is 283 g/mol. The van der Waals surface area contributed by atoms with E-state index in [1.165, 1.54) is 16.7 Å². The van der Waals surface area contributed by atoms with Gasteiger partial charge in [0.25, 0.3) is 0 Å². The molecule has 1 aromatic rings. The number of amides is 1. The normalized spacial score (nSPS) is 14.7. The summed E-state index contributed by atoms with van der Waals surface area (Å²) in [7, 11) is 0. The van der Waals surface area contributed by atoms with E-state index in [0.29, 0.717) is 5.75 Å². The molecule has 0 aromatic heterocycles. The molecule has 15 heavy (non-hydrogen) atoms. The molecule has 0 aliphatic carbocycles. The Kier molecular flexibility index (Phi) is 2.98. The number of rotatable bonds is 1. The highest BCUT2D eigenvalue weighted by molar-refractivity contribution is 9.10. The van der Waals surface area contributed by atoms with Crippen LogP contribution in [0.3, 0.4) is 0 Å². The van der Waals surface area contributed by atoms with Gasteiger partial charge in [0.1, 0.15) is 6.54 Å². The van der Waals surface area contributed by atoms with Crippen LogP contribution in [0.2, 0.25) is 0 Å². The first-order valence-electron chi connectivity index (χ1n) is 4.32. The first-order chi connectivity index (χ1) is 7.22. The number of carbonyl (C=O) groups excluding carboxylic acids is 1. The summed E-state index contributed by atoms with van der Waals surface area (Å²) in [5, 5.41) is 8.67. The first kappa shape index (κ1) is 10.5. The Morgan fingerprint density at radius 2 is 2.40 bits per heavy atom. The Morgan fingerprint density at radius 3 is 3.13 bits per heavy atom. The van der Waals surface area contributed by atoms with E-state index >= 15 is 0 Å². The van der Waals surface area contributed by atoms with Gasteiger partial charge in [-0.2, -0.15) is 5.26 Å². The minimum Gasteiger partial charge on any atom is -0.297 e. The van der Waals surface area contributed by atoms with Gasteiger partial charge in [-0.1, -0.05) is 15.9 Å². The van der Waals surface area contributed by atoms with Gasteiger partial charge in [-0.15, -0.1) is 11.8 Å². The average Bonchev–Trinajstić information content (AvgIpc) is 2.23. The molecule has 1 heterocycles. The number of fused-ring (bicyclic) bond motifs is 1. The van der Waals surface area contributed by atoms with E-state index in [4.69, 9.17) is 5.26 Å². The van der Waals surface area contributed by atoms with Crippen molar-refractivity contribution in [3.63, 3.8) is 0 Å². The largest absolute Gasteiger partial charge is 0.297 e. The van der Waals surface area contributed by atoms with Crippen LogP contribution < -0.4 is 4.90 Å². The maximum Gasteiger partial charge on any atom is 0.238 e. The Bertz CT molecular complexity index is 455. The zero-order chi connectivity index (χ0) is 10.8. The third-order valence-electron chi connectivity index (χ3n) is 2.09. The van der Waals surface area contributed by atoms with E-state index in [2.05, 4.69) is 15.9 Å². The molecule has 1 amide bonds. The molecule has 0 saturated carbocycles. The van der Waals surface area contributed by atoms with Crippen molar-refractivity contribution in [2.75, 3.05) is 17.2 Å². The zero-order valence-electron chi connectivity index (χ0n) is 7.74. The predicted octanol–water partition coefficient (Wildman–Crippen LogP) is 2.41. The zero-order valence-corrected chi connectivity index (χ0v) is 10.1. The topological polar surface area (TPSA) is 44.1 Å². The molecule has 0 bridgehead atoms. The summed E-state index contributed by atoms with van der Waals surface area (Å²) in [5.41, 5.74) is 0.826. The Labute approximate surface area is 100 Å². The SMILES string of the molecule is N#CCN1C(=O)CSc2ccc(Br)cc21. The van der Waals surface area contributed by atoms with Crippen LogP contribution in [0.5, 0.6) is 0 Å². The molecule has 0 atom stereocenters. The summed E-state index contributed by atoms with van der Waals surface area (Å²) < 4.78 is 0.916. The number of hydrogen-bond acceptors (Lipinski definition) is 3. The Morgan fingerprint density at radius 1 is 1.60 bits per heavy atom. The maximum atomic E-state index is 11.6. The molecule has 2 rings (SSSR count).